The van der Waals surface area contributed by atoms with Crippen LogP contribution in [0.25, 0.3) is 20.9 Å². The highest BCUT2D eigenvalue weighted by molar-refractivity contribution is 5.86. The van der Waals surface area contributed by atoms with Gasteiger partial charge in [0.25, 0.3) is 6.47 Å². The number of carboxylic acid groups (broad SMARTS) is 1. The molecule has 0 heterocycles. The Morgan fingerprint density at radius 3 is 1.03 bits per heavy atom. The smallest absolute Gasteiger partial charge is 0.329 e. The van der Waals surface area contributed by atoms with Crippen molar-refractivity contribution in [3.63, 3.8) is 0 Å². The zero-order valence-electron chi connectivity index (χ0n) is 61.1. The quantitative estimate of drug-likeness (QED) is 0.00718. The summed E-state index contributed by atoms with van der Waals surface area (Å²) >= 11 is 0. The molecule has 0 spiro atoms. The average molecular weight is 1400 g/mol. The molecular weight excluding hydrogens is 1270 g/mol. The first-order valence-corrected chi connectivity index (χ1v) is 36.6. The maximum Gasteiger partial charge on any atom is 0.329 e. The van der Waals surface area contributed by atoms with Crippen LogP contribution in [0.15, 0.2) is 10.2 Å². The fraction of sp³-hybridized carbons (Fsp3) is 0.886. The molecule has 98 heavy (non-hydrogen) atoms. The van der Waals surface area contributed by atoms with Crippen LogP contribution in [0.3, 0.4) is 0 Å². The van der Waals surface area contributed by atoms with Crippen LogP contribution in [-0.4, -0.2) is 188 Å². The van der Waals surface area contributed by atoms with Crippen molar-refractivity contribution in [1.29, 1.82) is 0 Å². The van der Waals surface area contributed by atoms with Crippen molar-refractivity contribution in [2.45, 2.75) is 290 Å². The van der Waals surface area contributed by atoms with Gasteiger partial charge in [0, 0.05) is 68.1 Å². The second-order valence-electron chi connectivity index (χ2n) is 26.2. The Bertz CT molecular complexity index is 2110. The number of rotatable bonds is 69. The van der Waals surface area contributed by atoms with Gasteiger partial charge in [-0.05, 0) is 91.1 Å². The van der Waals surface area contributed by atoms with E-state index in [4.69, 9.17) is 49.0 Å². The predicted octanol–water partition coefficient (Wildman–Crippen LogP) is 12.5. The molecule has 28 nitrogen and oxygen atoms in total. The van der Waals surface area contributed by atoms with Crippen LogP contribution < -0.4 is 21.3 Å². The molecule has 0 fully saturated rings. The topological polar surface area (TPSA) is 385 Å². The lowest BCUT2D eigenvalue weighted by molar-refractivity contribution is -0.159. The molecule has 2 unspecified atom stereocenters. The largest absolute Gasteiger partial charge is 0.480 e. The number of hydrogen-bond acceptors (Lipinski definition) is 19. The highest BCUT2D eigenvalue weighted by Crippen LogP contribution is 2.18. The van der Waals surface area contributed by atoms with E-state index in [2.05, 4.69) is 46.1 Å². The molecule has 0 aliphatic carbocycles. The molecule has 0 aliphatic rings. The minimum Gasteiger partial charge on any atom is -0.480 e. The van der Waals surface area contributed by atoms with E-state index in [1.54, 1.807) is 20.8 Å². The molecule has 2 atom stereocenters. The van der Waals surface area contributed by atoms with Gasteiger partial charge in [0.2, 0.25) is 23.6 Å². The van der Waals surface area contributed by atoms with Crippen LogP contribution in [0, 0.1) is 0 Å². The van der Waals surface area contributed by atoms with Gasteiger partial charge in [0.05, 0.1) is 85.9 Å². The summed E-state index contributed by atoms with van der Waals surface area (Å²) in [7, 11) is 0. The predicted molar refractivity (Wildman–Crippen MR) is 376 cm³/mol. The van der Waals surface area contributed by atoms with E-state index in [1.165, 1.54) is 103 Å². The highest BCUT2D eigenvalue weighted by Gasteiger charge is 2.27. The van der Waals surface area contributed by atoms with Crippen LogP contribution in [-0.2, 0) is 81.0 Å². The summed E-state index contributed by atoms with van der Waals surface area (Å²) in [6, 6.07) is -1.99. The zero-order chi connectivity index (χ0) is 72.7. The van der Waals surface area contributed by atoms with Gasteiger partial charge in [-0.3, -0.25) is 28.8 Å². The molecule has 0 radical (unpaired) electrons. The zero-order valence-corrected chi connectivity index (χ0v) is 61.1. The molecule has 568 valence electrons. The van der Waals surface area contributed by atoms with Crippen molar-refractivity contribution >= 4 is 48.0 Å². The van der Waals surface area contributed by atoms with E-state index >= 15 is 0 Å². The first-order chi connectivity index (χ1) is 47.2. The standard InChI is InChI=1S/C39H73N5O9.C31H57N5O9/c1-38(2,3)52-36(47)22-20-18-16-14-12-10-8-7-9-11-13-15-17-19-21-35(46)43-33(37(48)53-39(4,5)6)23-24-34(45)41-25-27-49-29-31-51-32-30-50-28-26-42-44-40;32-36-34-19-22-43-24-26-44-25-23-42-21-18-33-29(38)17-16-28(31(40)41)35-30(39)15-13-11-9-7-5-3-1-2-4-6-8-10-12-14-20-45-27-37/h33H,7-32H2,1-6H3,(H,41,45)(H,43,46);27-28H,1-26H2,(H,33,38)(H,35,39)(H,40,41). The SMILES string of the molecule is CC(C)(C)OC(=O)CCCCCCCCCCCCCCCCC(=O)NC(CCC(=O)NCCOCCOCCOCCN=[N+]=[N-])C(=O)OC(C)(C)C.[N-]=[N+]=NCCOCCOCCOCCNC(=O)CCC(NC(=O)CCCCCCCCCCCCCCCCOC=O)C(=O)O. The Morgan fingerprint density at radius 2 is 0.694 bits per heavy atom. The summed E-state index contributed by atoms with van der Waals surface area (Å²) in [5.74, 6) is -2.84. The fourth-order valence-corrected chi connectivity index (χ4v) is 9.76. The maximum atomic E-state index is 12.8. The Labute approximate surface area is 586 Å². The lowest BCUT2D eigenvalue weighted by Gasteiger charge is -2.24. The number of amides is 4. The number of hydrogen-bond donors (Lipinski definition) is 5. The van der Waals surface area contributed by atoms with E-state index < -0.39 is 35.2 Å². The summed E-state index contributed by atoms with van der Waals surface area (Å²) in [4.78, 5) is 101. The molecule has 0 aromatic rings. The molecule has 0 aromatic heterocycles. The van der Waals surface area contributed by atoms with Gasteiger partial charge in [-0.25, -0.2) is 9.59 Å². The van der Waals surface area contributed by atoms with Gasteiger partial charge in [0.15, 0.2) is 0 Å². The third-order valence-corrected chi connectivity index (χ3v) is 14.8. The fourth-order valence-electron chi connectivity index (χ4n) is 9.76. The van der Waals surface area contributed by atoms with Gasteiger partial charge >= 0.3 is 17.9 Å². The molecule has 0 rings (SSSR count). The average Bonchev–Trinajstić information content (AvgIpc) is 1.09. The van der Waals surface area contributed by atoms with Crippen LogP contribution in [0.5, 0.6) is 0 Å². The molecule has 28 heteroatoms. The number of carbonyl (C=O) groups is 8. The van der Waals surface area contributed by atoms with E-state index in [1.807, 2.05) is 20.8 Å². The summed E-state index contributed by atoms with van der Waals surface area (Å²) in [5.41, 5.74) is 15.2. The van der Waals surface area contributed by atoms with E-state index in [-0.39, 0.29) is 81.3 Å². The lowest BCUT2D eigenvalue weighted by Crippen LogP contribution is -2.44. The molecular formula is C70H130N10O18. The molecule has 0 saturated heterocycles. The van der Waals surface area contributed by atoms with E-state index in [0.29, 0.717) is 112 Å². The van der Waals surface area contributed by atoms with Gasteiger partial charge in [-0.15, -0.1) is 0 Å². The second kappa shape index (κ2) is 69.6. The molecule has 0 aliphatic heterocycles. The number of ether oxygens (including phenoxy) is 9. The highest BCUT2D eigenvalue weighted by atomic mass is 16.6. The third kappa shape index (κ3) is 74.4. The molecule has 5 N–H and O–H groups in total. The van der Waals surface area contributed by atoms with Crippen LogP contribution in [0.1, 0.15) is 266 Å². The van der Waals surface area contributed by atoms with Crippen molar-refractivity contribution in [3.05, 3.63) is 20.9 Å². The summed E-state index contributed by atoms with van der Waals surface area (Å²) in [5, 5.41) is 26.9. The number of carbonyl (C=O) groups excluding carboxylic acids is 7. The summed E-state index contributed by atoms with van der Waals surface area (Å²) in [6.07, 6.45) is 33.1. The van der Waals surface area contributed by atoms with E-state index in [0.717, 1.165) is 77.0 Å². The minimum absolute atomic E-state index is 0.0146. The van der Waals surface area contributed by atoms with Crippen LogP contribution >= 0.6 is 0 Å². The van der Waals surface area contributed by atoms with Crippen LogP contribution in [0.2, 0.25) is 0 Å². The van der Waals surface area contributed by atoms with E-state index in [9.17, 15) is 43.5 Å². The monoisotopic (exact) mass is 1400 g/mol. The van der Waals surface area contributed by atoms with Crippen molar-refractivity contribution in [1.82, 2.24) is 21.3 Å². The van der Waals surface area contributed by atoms with Crippen molar-refractivity contribution in [3.8, 4) is 0 Å². The van der Waals surface area contributed by atoms with Gasteiger partial charge in [0.1, 0.15) is 23.3 Å². The Balaban J connectivity index is 0. The molecule has 0 aromatic carbocycles. The number of carboxylic acids is 1. The van der Waals surface area contributed by atoms with Gasteiger partial charge < -0.3 is 69.0 Å². The Kier molecular flexibility index (Phi) is 66.9. The number of nitrogens with one attached hydrogen (secondary N) is 4. The maximum absolute atomic E-state index is 12.8. The molecule has 4 amide bonds. The first kappa shape index (κ1) is 94.2. The van der Waals surface area contributed by atoms with Crippen molar-refractivity contribution < 1.29 is 86.1 Å². The summed E-state index contributed by atoms with van der Waals surface area (Å²) < 4.78 is 47.5. The number of aliphatic carboxylic acids is 1. The normalized spacial score (nSPS) is 11.8. The Hall–Kier alpha value is -5.86. The molecule has 0 bridgehead atoms. The summed E-state index contributed by atoms with van der Waals surface area (Å²) in [6.45, 7) is 17.6. The number of unbranched alkanes of at least 4 members (excludes halogenated alkanes) is 26. The second-order valence-corrected chi connectivity index (χ2v) is 26.2. The van der Waals surface area contributed by atoms with Crippen molar-refractivity contribution in [2.24, 2.45) is 10.2 Å². The van der Waals surface area contributed by atoms with Crippen LogP contribution in [0.4, 0.5) is 0 Å². The number of esters is 2. The molecule has 0 saturated carbocycles. The van der Waals surface area contributed by atoms with Gasteiger partial charge in [-0.1, -0.05) is 164 Å². The Morgan fingerprint density at radius 1 is 0.388 bits per heavy atom. The first-order valence-electron chi connectivity index (χ1n) is 36.6. The third-order valence-electron chi connectivity index (χ3n) is 14.8. The van der Waals surface area contributed by atoms with Crippen molar-refractivity contribution in [2.75, 3.05) is 112 Å². The number of nitrogens with zero attached hydrogens (tertiary/aromatic N) is 6. The number of azide groups is 2. The van der Waals surface area contributed by atoms with Gasteiger partial charge in [-0.2, -0.15) is 0 Å². The lowest BCUT2D eigenvalue weighted by atomic mass is 10.0. The minimum atomic E-state index is -1.15.